The molecular formula is C21H37N3O4. The van der Waals surface area contributed by atoms with Gasteiger partial charge in [-0.15, -0.1) is 0 Å². The van der Waals surface area contributed by atoms with Crippen LogP contribution in [0.5, 0.6) is 0 Å². The molecule has 1 fully saturated rings. The highest BCUT2D eigenvalue weighted by molar-refractivity contribution is 5.90. The molecule has 1 aliphatic heterocycles. The van der Waals surface area contributed by atoms with Crippen LogP contribution >= 0.6 is 0 Å². The second-order valence-corrected chi connectivity index (χ2v) is 8.15. The zero-order chi connectivity index (χ0) is 21.4. The number of aliphatic carboxylic acids is 1. The van der Waals surface area contributed by atoms with Crippen molar-refractivity contribution in [3.05, 3.63) is 11.6 Å². The Bertz CT molecular complexity index is 588. The van der Waals surface area contributed by atoms with Crippen molar-refractivity contribution in [3.63, 3.8) is 0 Å². The number of likely N-dealkylation sites (tertiary alicyclic amines) is 1. The highest BCUT2D eigenvalue weighted by atomic mass is 16.4. The topological polar surface area (TPSA) is 90.0 Å². The minimum Gasteiger partial charge on any atom is -0.478 e. The number of carbonyl (C=O) groups is 3. The molecule has 1 saturated heterocycles. The van der Waals surface area contributed by atoms with Crippen LogP contribution in [0.3, 0.4) is 0 Å². The van der Waals surface area contributed by atoms with Crippen molar-refractivity contribution in [2.24, 2.45) is 5.92 Å². The molecule has 0 aromatic carbocycles. The Balaban J connectivity index is 2.84. The second-order valence-electron chi connectivity index (χ2n) is 8.15. The molecule has 2 amide bonds. The summed E-state index contributed by atoms with van der Waals surface area (Å²) in [4.78, 5) is 40.5. The maximum Gasteiger partial charge on any atom is 0.331 e. The first-order valence-electron chi connectivity index (χ1n) is 10.3. The third-order valence-electron chi connectivity index (χ3n) is 5.62. The molecule has 0 aromatic rings. The van der Waals surface area contributed by atoms with E-state index in [1.807, 2.05) is 13.8 Å². The Labute approximate surface area is 169 Å². The number of rotatable bonds is 9. The minimum atomic E-state index is -1.00. The Morgan fingerprint density at radius 1 is 1.25 bits per heavy atom. The van der Waals surface area contributed by atoms with Crippen molar-refractivity contribution in [1.82, 2.24) is 15.1 Å². The lowest BCUT2D eigenvalue weighted by Crippen LogP contribution is -2.58. The number of nitrogens with one attached hydrogen (secondary N) is 1. The number of likely N-dealkylation sites (N-methyl/N-ethyl adjacent to an activating group) is 1. The fraction of sp³-hybridized carbons (Fsp3) is 0.762. The van der Waals surface area contributed by atoms with Crippen molar-refractivity contribution in [2.45, 2.75) is 78.4 Å². The Morgan fingerprint density at radius 3 is 2.43 bits per heavy atom. The Kier molecular flexibility index (Phi) is 9.65. The van der Waals surface area contributed by atoms with E-state index in [1.54, 1.807) is 7.05 Å². The lowest BCUT2D eigenvalue weighted by atomic mass is 9.96. The number of hydrogen-bond donors (Lipinski definition) is 2. The highest BCUT2D eigenvalue weighted by Gasteiger charge is 2.34. The summed E-state index contributed by atoms with van der Waals surface area (Å²) in [5.41, 5.74) is 0.191. The summed E-state index contributed by atoms with van der Waals surface area (Å²) >= 11 is 0. The molecule has 160 valence electrons. The predicted molar refractivity (Wildman–Crippen MR) is 110 cm³/mol. The van der Waals surface area contributed by atoms with Gasteiger partial charge >= 0.3 is 5.97 Å². The minimum absolute atomic E-state index is 0.0657. The van der Waals surface area contributed by atoms with Gasteiger partial charge < -0.3 is 15.3 Å². The maximum absolute atomic E-state index is 13.0. The highest BCUT2D eigenvalue weighted by Crippen LogP contribution is 2.21. The summed E-state index contributed by atoms with van der Waals surface area (Å²) in [6, 6.07) is -0.495. The van der Waals surface area contributed by atoms with Gasteiger partial charge in [-0.1, -0.05) is 33.3 Å². The van der Waals surface area contributed by atoms with Crippen molar-refractivity contribution < 1.29 is 19.5 Å². The van der Waals surface area contributed by atoms with Crippen LogP contribution in [0.2, 0.25) is 0 Å². The Morgan fingerprint density at radius 2 is 1.89 bits per heavy atom. The van der Waals surface area contributed by atoms with Gasteiger partial charge in [0.25, 0.3) is 0 Å². The zero-order valence-corrected chi connectivity index (χ0v) is 18.2. The Hall–Kier alpha value is -1.89. The fourth-order valence-corrected chi connectivity index (χ4v) is 3.45. The van der Waals surface area contributed by atoms with Crippen LogP contribution in [-0.4, -0.2) is 71.0 Å². The van der Waals surface area contributed by atoms with Crippen LogP contribution in [0.25, 0.3) is 0 Å². The number of piperidine rings is 1. The SMILES string of the molecule is CCC(C)N1CCCC[C@@H]1C(=O)NC(C(=O)N(C)C/C=C(\C)C(=O)O)C(C)C. The molecule has 0 radical (unpaired) electrons. The van der Waals surface area contributed by atoms with Gasteiger partial charge in [0.05, 0.1) is 6.04 Å². The molecular weight excluding hydrogens is 358 g/mol. The number of carboxylic acid groups (broad SMARTS) is 1. The van der Waals surface area contributed by atoms with Crippen molar-refractivity contribution in [1.29, 1.82) is 0 Å². The van der Waals surface area contributed by atoms with E-state index < -0.39 is 12.0 Å². The van der Waals surface area contributed by atoms with Crippen LogP contribution in [-0.2, 0) is 14.4 Å². The average molecular weight is 396 g/mol. The smallest absolute Gasteiger partial charge is 0.331 e. The number of carboxylic acids is 1. The average Bonchev–Trinajstić information content (AvgIpc) is 2.68. The van der Waals surface area contributed by atoms with Crippen LogP contribution in [0.1, 0.15) is 60.3 Å². The van der Waals surface area contributed by atoms with Crippen LogP contribution in [0, 0.1) is 5.92 Å². The first kappa shape index (κ1) is 24.1. The number of hydrogen-bond acceptors (Lipinski definition) is 4. The summed E-state index contributed by atoms with van der Waals surface area (Å²) in [6.45, 7) is 10.7. The third-order valence-corrected chi connectivity index (χ3v) is 5.62. The van der Waals surface area contributed by atoms with Crippen LogP contribution < -0.4 is 5.32 Å². The monoisotopic (exact) mass is 395 g/mol. The molecule has 2 N–H and O–H groups in total. The van der Waals surface area contributed by atoms with Gasteiger partial charge in [0, 0.05) is 25.2 Å². The molecule has 0 bridgehead atoms. The lowest BCUT2D eigenvalue weighted by Gasteiger charge is -2.39. The first-order chi connectivity index (χ1) is 13.1. The normalized spacial score (nSPS) is 20.5. The van der Waals surface area contributed by atoms with Gasteiger partial charge in [-0.2, -0.15) is 0 Å². The molecule has 0 saturated carbocycles. The van der Waals surface area contributed by atoms with E-state index in [0.29, 0.717) is 6.04 Å². The van der Waals surface area contributed by atoms with Gasteiger partial charge in [0.15, 0.2) is 0 Å². The molecule has 3 atom stereocenters. The van der Waals surface area contributed by atoms with Gasteiger partial charge in [-0.05, 0) is 45.6 Å². The van der Waals surface area contributed by atoms with E-state index >= 15 is 0 Å². The van der Waals surface area contributed by atoms with Crippen molar-refractivity contribution >= 4 is 17.8 Å². The molecule has 7 nitrogen and oxygen atoms in total. The van der Waals surface area contributed by atoms with E-state index in [1.165, 1.54) is 17.9 Å². The number of carbonyl (C=O) groups excluding carboxylic acids is 2. The quantitative estimate of drug-likeness (QED) is 0.585. The maximum atomic E-state index is 13.0. The van der Waals surface area contributed by atoms with E-state index in [-0.39, 0.29) is 35.9 Å². The van der Waals surface area contributed by atoms with Gasteiger partial charge in [0.2, 0.25) is 11.8 Å². The summed E-state index contributed by atoms with van der Waals surface area (Å²) in [7, 11) is 1.63. The number of amides is 2. The van der Waals surface area contributed by atoms with Gasteiger partial charge in [-0.3, -0.25) is 14.5 Å². The molecule has 2 unspecified atom stereocenters. The third kappa shape index (κ3) is 6.62. The van der Waals surface area contributed by atoms with Crippen molar-refractivity contribution in [3.8, 4) is 0 Å². The van der Waals surface area contributed by atoms with E-state index in [4.69, 9.17) is 5.11 Å². The first-order valence-corrected chi connectivity index (χ1v) is 10.3. The molecule has 1 rings (SSSR count). The standard InChI is InChI=1S/C21H37N3O4/c1-7-16(5)24-12-9-8-10-17(24)19(25)22-18(14(2)3)20(26)23(6)13-11-15(4)21(27)28/h11,14,16-18H,7-10,12-13H2,1-6H3,(H,22,25)(H,27,28)/b15-11+/t16?,17-,18?/m1/s1. The molecule has 1 heterocycles. The summed E-state index contributed by atoms with van der Waals surface area (Å²) < 4.78 is 0. The molecule has 0 aromatic heterocycles. The molecule has 0 aliphatic carbocycles. The van der Waals surface area contributed by atoms with Gasteiger partial charge in [-0.25, -0.2) is 4.79 Å². The summed E-state index contributed by atoms with van der Waals surface area (Å²) in [5, 5.41) is 11.9. The summed E-state index contributed by atoms with van der Waals surface area (Å²) in [6.07, 6.45) is 5.41. The van der Waals surface area contributed by atoms with E-state index in [0.717, 1.165) is 32.2 Å². The molecule has 28 heavy (non-hydrogen) atoms. The summed E-state index contributed by atoms with van der Waals surface area (Å²) in [5.74, 6) is -1.36. The van der Waals surface area contributed by atoms with Gasteiger partial charge in [0.1, 0.15) is 6.04 Å². The predicted octanol–water partition coefficient (Wildman–Crippen LogP) is 2.27. The molecule has 7 heteroatoms. The molecule has 1 aliphatic rings. The largest absolute Gasteiger partial charge is 0.478 e. The zero-order valence-electron chi connectivity index (χ0n) is 18.2. The van der Waals surface area contributed by atoms with Crippen LogP contribution in [0.15, 0.2) is 11.6 Å². The lowest BCUT2D eigenvalue weighted by molar-refractivity contribution is -0.138. The van der Waals surface area contributed by atoms with E-state index in [9.17, 15) is 14.4 Å². The second kappa shape index (κ2) is 11.2. The number of nitrogens with zero attached hydrogens (tertiary/aromatic N) is 2. The molecule has 0 spiro atoms. The van der Waals surface area contributed by atoms with Crippen molar-refractivity contribution in [2.75, 3.05) is 20.1 Å². The van der Waals surface area contributed by atoms with E-state index in [2.05, 4.69) is 24.1 Å². The van der Waals surface area contributed by atoms with Crippen LogP contribution in [0.4, 0.5) is 0 Å². The fourth-order valence-electron chi connectivity index (χ4n) is 3.45.